The fraction of sp³-hybridized carbons (Fsp3) is 0.526. The Morgan fingerprint density at radius 3 is 2.54 bits per heavy atom. The highest BCUT2D eigenvalue weighted by Crippen LogP contribution is 2.46. The standard InChI is InChI=1S/C19H22F3N3O3/c1-10-6-18(2,3)9-19(7-10)16(27)25(17(28)24-19)8-13(26)23-12-5-4-11(20)14(21)15(12)22/h4-5,10H,6-9H2,1-3H3,(H,23,26)(H,24,28)/t10-,19-/m0/s1. The van der Waals surface area contributed by atoms with Gasteiger partial charge in [0.1, 0.15) is 12.1 Å². The third kappa shape index (κ3) is 3.57. The zero-order valence-electron chi connectivity index (χ0n) is 15.9. The minimum Gasteiger partial charge on any atom is -0.323 e. The van der Waals surface area contributed by atoms with Gasteiger partial charge in [-0.05, 0) is 42.7 Å². The molecule has 1 aromatic rings. The molecule has 28 heavy (non-hydrogen) atoms. The van der Waals surface area contributed by atoms with Crippen LogP contribution in [0.3, 0.4) is 0 Å². The molecule has 1 aliphatic heterocycles. The second-order valence-corrected chi connectivity index (χ2v) is 8.53. The van der Waals surface area contributed by atoms with E-state index in [0.29, 0.717) is 18.9 Å². The molecular formula is C19H22F3N3O3. The maximum Gasteiger partial charge on any atom is 0.325 e. The van der Waals surface area contributed by atoms with Gasteiger partial charge in [-0.1, -0.05) is 20.8 Å². The summed E-state index contributed by atoms with van der Waals surface area (Å²) in [5.74, 6) is -5.85. The van der Waals surface area contributed by atoms with Crippen LogP contribution >= 0.6 is 0 Å². The Kier molecular flexibility index (Phi) is 4.89. The molecule has 2 aliphatic rings. The van der Waals surface area contributed by atoms with Crippen LogP contribution in [0.4, 0.5) is 23.7 Å². The highest BCUT2D eigenvalue weighted by Gasteiger charge is 2.56. The van der Waals surface area contributed by atoms with Gasteiger partial charge in [0.25, 0.3) is 5.91 Å². The molecular weight excluding hydrogens is 375 g/mol. The highest BCUT2D eigenvalue weighted by atomic mass is 19.2. The Balaban J connectivity index is 1.74. The number of carbonyl (C=O) groups excluding carboxylic acids is 3. The lowest BCUT2D eigenvalue weighted by atomic mass is 9.64. The molecule has 0 bridgehead atoms. The number of nitrogens with one attached hydrogen (secondary N) is 2. The van der Waals surface area contributed by atoms with Crippen LogP contribution < -0.4 is 10.6 Å². The molecule has 0 aromatic heterocycles. The van der Waals surface area contributed by atoms with Gasteiger partial charge in [-0.25, -0.2) is 18.0 Å². The Bertz CT molecular complexity index is 858. The van der Waals surface area contributed by atoms with Crippen molar-refractivity contribution in [2.24, 2.45) is 11.3 Å². The number of carbonyl (C=O) groups is 3. The summed E-state index contributed by atoms with van der Waals surface area (Å²) in [6.45, 7) is 5.39. The molecule has 4 amide bonds. The molecule has 9 heteroatoms. The van der Waals surface area contributed by atoms with Gasteiger partial charge < -0.3 is 10.6 Å². The van der Waals surface area contributed by atoms with Crippen molar-refractivity contribution in [3.05, 3.63) is 29.6 Å². The van der Waals surface area contributed by atoms with Gasteiger partial charge in [-0.3, -0.25) is 14.5 Å². The van der Waals surface area contributed by atoms with Crippen molar-refractivity contribution in [1.29, 1.82) is 0 Å². The molecule has 3 rings (SSSR count). The lowest BCUT2D eigenvalue weighted by Gasteiger charge is -2.43. The number of hydrogen-bond acceptors (Lipinski definition) is 3. The maximum atomic E-state index is 13.7. The van der Waals surface area contributed by atoms with Crippen LogP contribution in [0.2, 0.25) is 0 Å². The molecule has 2 fully saturated rings. The monoisotopic (exact) mass is 397 g/mol. The molecule has 0 unspecified atom stereocenters. The second-order valence-electron chi connectivity index (χ2n) is 8.53. The van der Waals surface area contributed by atoms with Crippen molar-refractivity contribution >= 4 is 23.5 Å². The zero-order chi connectivity index (χ0) is 20.9. The van der Waals surface area contributed by atoms with Crippen LogP contribution in [0.5, 0.6) is 0 Å². The summed E-state index contributed by atoms with van der Waals surface area (Å²) in [4.78, 5) is 38.3. The fourth-order valence-corrected chi connectivity index (χ4v) is 4.61. The number of hydrogen-bond donors (Lipinski definition) is 2. The number of nitrogens with zero attached hydrogens (tertiary/aromatic N) is 1. The van der Waals surface area contributed by atoms with E-state index in [1.54, 1.807) is 0 Å². The van der Waals surface area contributed by atoms with Crippen LogP contribution in [0.15, 0.2) is 12.1 Å². The summed E-state index contributed by atoms with van der Waals surface area (Å²) < 4.78 is 40.0. The molecule has 0 radical (unpaired) electrons. The lowest BCUT2D eigenvalue weighted by Crippen LogP contribution is -2.54. The maximum absolute atomic E-state index is 13.7. The van der Waals surface area contributed by atoms with Crippen LogP contribution in [0, 0.1) is 28.8 Å². The van der Waals surface area contributed by atoms with E-state index >= 15 is 0 Å². The van der Waals surface area contributed by atoms with Crippen LogP contribution in [-0.2, 0) is 9.59 Å². The van der Waals surface area contributed by atoms with Gasteiger partial charge in [0.2, 0.25) is 5.91 Å². The molecule has 1 aromatic carbocycles. The second kappa shape index (κ2) is 6.79. The van der Waals surface area contributed by atoms with E-state index in [9.17, 15) is 27.6 Å². The van der Waals surface area contributed by atoms with Gasteiger partial charge in [-0.2, -0.15) is 0 Å². The number of imide groups is 1. The minimum absolute atomic E-state index is 0.159. The van der Waals surface area contributed by atoms with Gasteiger partial charge >= 0.3 is 6.03 Å². The number of urea groups is 1. The van der Waals surface area contributed by atoms with E-state index < -0.39 is 53.1 Å². The Labute approximate surface area is 160 Å². The van der Waals surface area contributed by atoms with E-state index in [4.69, 9.17) is 0 Å². The van der Waals surface area contributed by atoms with Gasteiger partial charge in [0.15, 0.2) is 17.5 Å². The predicted octanol–water partition coefficient (Wildman–Crippen LogP) is 3.18. The SMILES string of the molecule is C[C@H]1CC(C)(C)C[C@]2(C1)NC(=O)N(CC(=O)Nc1ccc(F)c(F)c1F)C2=O. The molecule has 1 saturated carbocycles. The third-order valence-corrected chi connectivity index (χ3v) is 5.24. The summed E-state index contributed by atoms with van der Waals surface area (Å²) in [5, 5.41) is 4.79. The normalized spacial score (nSPS) is 26.5. The third-order valence-electron chi connectivity index (χ3n) is 5.24. The number of anilines is 1. The average molecular weight is 397 g/mol. The molecule has 1 saturated heterocycles. The summed E-state index contributed by atoms with van der Waals surface area (Å²) in [5.41, 5.74) is -1.79. The molecule has 2 N–H and O–H groups in total. The number of halogens is 3. The summed E-state index contributed by atoms with van der Waals surface area (Å²) >= 11 is 0. The fourth-order valence-electron chi connectivity index (χ4n) is 4.61. The molecule has 2 atom stereocenters. The molecule has 1 heterocycles. The van der Waals surface area contributed by atoms with Crippen LogP contribution in [-0.4, -0.2) is 34.8 Å². The van der Waals surface area contributed by atoms with Gasteiger partial charge in [0.05, 0.1) is 5.69 Å². The highest BCUT2D eigenvalue weighted by molar-refractivity contribution is 6.10. The van der Waals surface area contributed by atoms with Crippen molar-refractivity contribution in [3.63, 3.8) is 0 Å². The molecule has 152 valence electrons. The average Bonchev–Trinajstić information content (AvgIpc) is 2.77. The van der Waals surface area contributed by atoms with Gasteiger partial charge in [0, 0.05) is 0 Å². The van der Waals surface area contributed by atoms with E-state index in [2.05, 4.69) is 10.6 Å². The smallest absolute Gasteiger partial charge is 0.323 e. The zero-order valence-corrected chi connectivity index (χ0v) is 15.9. The van der Waals surface area contributed by atoms with Crippen LogP contribution in [0.1, 0.15) is 40.0 Å². The lowest BCUT2D eigenvalue weighted by molar-refractivity contribution is -0.136. The van der Waals surface area contributed by atoms with Gasteiger partial charge in [-0.15, -0.1) is 0 Å². The Morgan fingerprint density at radius 1 is 1.21 bits per heavy atom. The van der Waals surface area contributed by atoms with Crippen molar-refractivity contribution < 1.29 is 27.6 Å². The van der Waals surface area contributed by atoms with Crippen molar-refractivity contribution in [1.82, 2.24) is 10.2 Å². The van der Waals surface area contributed by atoms with E-state index in [1.807, 2.05) is 20.8 Å². The number of benzene rings is 1. The molecule has 6 nitrogen and oxygen atoms in total. The topological polar surface area (TPSA) is 78.5 Å². The summed E-state index contributed by atoms with van der Waals surface area (Å²) in [6, 6.07) is 0.836. The first kappa shape index (κ1) is 20.2. The van der Waals surface area contributed by atoms with Crippen molar-refractivity contribution in [2.75, 3.05) is 11.9 Å². The minimum atomic E-state index is -1.72. The predicted molar refractivity (Wildman–Crippen MR) is 94.7 cm³/mol. The van der Waals surface area contributed by atoms with Crippen molar-refractivity contribution in [3.8, 4) is 0 Å². The summed E-state index contributed by atoms with van der Waals surface area (Å²) in [6.07, 6.45) is 1.83. The first-order valence-electron chi connectivity index (χ1n) is 9.02. The van der Waals surface area contributed by atoms with E-state index in [1.165, 1.54) is 0 Å². The van der Waals surface area contributed by atoms with E-state index in [0.717, 1.165) is 17.4 Å². The Hall–Kier alpha value is -2.58. The van der Waals surface area contributed by atoms with E-state index in [-0.39, 0.29) is 11.3 Å². The number of amides is 4. The largest absolute Gasteiger partial charge is 0.325 e. The summed E-state index contributed by atoms with van der Waals surface area (Å²) in [7, 11) is 0. The van der Waals surface area contributed by atoms with Crippen molar-refractivity contribution in [2.45, 2.75) is 45.6 Å². The number of rotatable bonds is 3. The molecule has 1 spiro atoms. The van der Waals surface area contributed by atoms with Crippen LogP contribution in [0.25, 0.3) is 0 Å². The quantitative estimate of drug-likeness (QED) is 0.607. The first-order chi connectivity index (χ1) is 12.9. The Morgan fingerprint density at radius 2 is 1.89 bits per heavy atom. The molecule has 1 aliphatic carbocycles. The first-order valence-corrected chi connectivity index (χ1v) is 9.02.